The van der Waals surface area contributed by atoms with Crippen molar-refractivity contribution in [1.82, 2.24) is 19.7 Å². The van der Waals surface area contributed by atoms with Gasteiger partial charge in [0.15, 0.2) is 0 Å². The third kappa shape index (κ3) is 4.33. The van der Waals surface area contributed by atoms with Crippen molar-refractivity contribution < 1.29 is 22.4 Å². The van der Waals surface area contributed by atoms with Gasteiger partial charge in [0.05, 0.1) is 12.1 Å². The number of carbonyl (C=O) groups excluding carboxylic acids is 1. The predicted octanol–water partition coefficient (Wildman–Crippen LogP) is 4.02. The van der Waals surface area contributed by atoms with Crippen LogP contribution in [-0.2, 0) is 17.5 Å². The molecule has 10 heteroatoms. The van der Waals surface area contributed by atoms with Gasteiger partial charge in [-0.1, -0.05) is 23.5 Å². The highest BCUT2D eigenvalue weighted by Gasteiger charge is 2.31. The first-order valence-electron chi connectivity index (χ1n) is 7.76. The fraction of sp³-hybridized carbons (Fsp3) is 0.235. The second kappa shape index (κ2) is 7.47. The van der Waals surface area contributed by atoms with Crippen LogP contribution in [0.2, 0.25) is 0 Å². The van der Waals surface area contributed by atoms with Crippen LogP contribution < -0.4 is 0 Å². The van der Waals surface area contributed by atoms with Gasteiger partial charge < -0.3 is 4.90 Å². The molecular formula is C17H14F4N4OS. The molecule has 0 aliphatic heterocycles. The smallest absolute Gasteiger partial charge is 0.338 e. The number of rotatable bonds is 5. The minimum Gasteiger partial charge on any atom is -0.338 e. The average molecular weight is 398 g/mol. The molecule has 1 unspecified atom stereocenters. The molecule has 1 atom stereocenters. The van der Waals surface area contributed by atoms with Crippen LogP contribution >= 0.6 is 11.3 Å². The lowest BCUT2D eigenvalue weighted by Crippen LogP contribution is -2.29. The molecule has 5 nitrogen and oxygen atoms in total. The molecule has 0 fully saturated rings. The van der Waals surface area contributed by atoms with Gasteiger partial charge >= 0.3 is 6.18 Å². The summed E-state index contributed by atoms with van der Waals surface area (Å²) in [5.74, 6) is -0.844. The van der Waals surface area contributed by atoms with Gasteiger partial charge in [-0.25, -0.2) is 14.1 Å². The molecule has 1 amide bonds. The molecule has 27 heavy (non-hydrogen) atoms. The Bertz CT molecular complexity index is 906. The molecule has 0 radical (unpaired) electrons. The molecule has 2 aromatic heterocycles. The molecule has 0 spiro atoms. The Balaban J connectivity index is 1.66. The standard InChI is InChI=1S/C17H14F4N4OS/c1-24(10-13-9-22-16(27-13)25-8-2-7-23-25)15(26)14(18)11-3-5-12(6-4-11)17(19,20)21/h2-9,14H,10H2,1H3. The first-order chi connectivity index (χ1) is 12.8. The molecule has 0 N–H and O–H groups in total. The quantitative estimate of drug-likeness (QED) is 0.610. The molecule has 0 saturated carbocycles. The lowest BCUT2D eigenvalue weighted by atomic mass is 10.1. The summed E-state index contributed by atoms with van der Waals surface area (Å²) in [7, 11) is 1.42. The van der Waals surface area contributed by atoms with Crippen LogP contribution in [0.3, 0.4) is 0 Å². The van der Waals surface area contributed by atoms with Gasteiger partial charge in [0.25, 0.3) is 5.91 Å². The Morgan fingerprint density at radius 2 is 2.00 bits per heavy atom. The molecule has 0 aliphatic carbocycles. The Morgan fingerprint density at radius 3 is 2.59 bits per heavy atom. The van der Waals surface area contributed by atoms with Gasteiger partial charge in [-0.05, 0) is 23.8 Å². The third-order valence-corrected chi connectivity index (χ3v) is 4.73. The number of likely N-dealkylation sites (N-methyl/N-ethyl adjacent to an activating group) is 1. The fourth-order valence-corrected chi connectivity index (χ4v) is 3.25. The van der Waals surface area contributed by atoms with Gasteiger partial charge in [0.1, 0.15) is 0 Å². The van der Waals surface area contributed by atoms with E-state index < -0.39 is 23.8 Å². The molecular weight excluding hydrogens is 384 g/mol. The van der Waals surface area contributed by atoms with Crippen LogP contribution in [0.25, 0.3) is 5.13 Å². The molecule has 0 saturated heterocycles. The number of aromatic nitrogens is 3. The van der Waals surface area contributed by atoms with E-state index >= 15 is 0 Å². The summed E-state index contributed by atoms with van der Waals surface area (Å²) in [6, 6.07) is 5.21. The van der Waals surface area contributed by atoms with Crippen molar-refractivity contribution in [1.29, 1.82) is 0 Å². The van der Waals surface area contributed by atoms with Crippen molar-refractivity contribution in [3.63, 3.8) is 0 Å². The van der Waals surface area contributed by atoms with E-state index in [1.165, 1.54) is 23.3 Å². The highest BCUT2D eigenvalue weighted by Crippen LogP contribution is 2.31. The maximum atomic E-state index is 14.4. The first-order valence-corrected chi connectivity index (χ1v) is 8.58. The van der Waals surface area contributed by atoms with Crippen LogP contribution in [0.1, 0.15) is 22.2 Å². The summed E-state index contributed by atoms with van der Waals surface area (Å²) in [5.41, 5.74) is -1.02. The monoisotopic (exact) mass is 398 g/mol. The van der Waals surface area contributed by atoms with E-state index in [4.69, 9.17) is 0 Å². The predicted molar refractivity (Wildman–Crippen MR) is 91.0 cm³/mol. The second-order valence-corrected chi connectivity index (χ2v) is 6.83. The van der Waals surface area contributed by atoms with Crippen molar-refractivity contribution in [3.8, 4) is 5.13 Å². The van der Waals surface area contributed by atoms with Crippen molar-refractivity contribution in [3.05, 3.63) is 64.9 Å². The number of thiazole rings is 1. The van der Waals surface area contributed by atoms with Crippen LogP contribution in [0.4, 0.5) is 17.6 Å². The first kappa shape index (κ1) is 19.0. The van der Waals surface area contributed by atoms with Crippen molar-refractivity contribution in [2.45, 2.75) is 18.9 Å². The number of carbonyl (C=O) groups is 1. The van der Waals surface area contributed by atoms with E-state index in [-0.39, 0.29) is 12.1 Å². The third-order valence-electron chi connectivity index (χ3n) is 3.76. The van der Waals surface area contributed by atoms with E-state index in [0.29, 0.717) is 5.13 Å². The molecule has 0 aliphatic rings. The Morgan fingerprint density at radius 1 is 1.30 bits per heavy atom. The van der Waals surface area contributed by atoms with Gasteiger partial charge in [-0.3, -0.25) is 4.79 Å². The SMILES string of the molecule is CN(Cc1cnc(-n2cccn2)s1)C(=O)C(F)c1ccc(C(F)(F)F)cc1. The van der Waals surface area contributed by atoms with E-state index in [9.17, 15) is 22.4 Å². The van der Waals surface area contributed by atoms with Gasteiger partial charge in [-0.15, -0.1) is 0 Å². The summed E-state index contributed by atoms with van der Waals surface area (Å²) in [6.07, 6.45) is -1.66. The maximum Gasteiger partial charge on any atom is 0.416 e. The number of alkyl halides is 4. The van der Waals surface area contributed by atoms with Crippen molar-refractivity contribution in [2.24, 2.45) is 0 Å². The second-order valence-electron chi connectivity index (χ2n) is 5.74. The zero-order chi connectivity index (χ0) is 19.6. The molecule has 2 heterocycles. The number of hydrogen-bond acceptors (Lipinski definition) is 4. The zero-order valence-corrected chi connectivity index (χ0v) is 14.8. The molecule has 0 bridgehead atoms. The van der Waals surface area contributed by atoms with E-state index in [0.717, 1.165) is 29.1 Å². The van der Waals surface area contributed by atoms with Gasteiger partial charge in [-0.2, -0.15) is 18.3 Å². The summed E-state index contributed by atoms with van der Waals surface area (Å²) < 4.78 is 53.7. The molecule has 3 aromatic rings. The van der Waals surface area contributed by atoms with Crippen molar-refractivity contribution >= 4 is 17.2 Å². The van der Waals surface area contributed by atoms with Gasteiger partial charge in [0, 0.05) is 30.5 Å². The largest absolute Gasteiger partial charge is 0.416 e. The fourth-order valence-electron chi connectivity index (χ4n) is 2.35. The number of amides is 1. The Labute approximate surface area is 155 Å². The lowest BCUT2D eigenvalue weighted by molar-refractivity contribution is -0.137. The topological polar surface area (TPSA) is 51.0 Å². The summed E-state index contributed by atoms with van der Waals surface area (Å²) in [5, 5.41) is 4.66. The van der Waals surface area contributed by atoms with Crippen molar-refractivity contribution in [2.75, 3.05) is 7.05 Å². The summed E-state index contributed by atoms with van der Waals surface area (Å²) in [6.45, 7) is 0.124. The van der Waals surface area contributed by atoms with E-state index in [2.05, 4.69) is 10.1 Å². The average Bonchev–Trinajstić information content (AvgIpc) is 3.31. The highest BCUT2D eigenvalue weighted by molar-refractivity contribution is 7.14. The van der Waals surface area contributed by atoms with Crippen LogP contribution in [0, 0.1) is 0 Å². The molecule has 142 valence electrons. The van der Waals surface area contributed by atoms with Crippen LogP contribution in [0.15, 0.2) is 48.9 Å². The minimum atomic E-state index is -4.51. The highest BCUT2D eigenvalue weighted by atomic mass is 32.1. The Hall–Kier alpha value is -2.75. The van der Waals surface area contributed by atoms with Crippen LogP contribution in [0.5, 0.6) is 0 Å². The number of halogens is 4. The molecule has 3 rings (SSSR count). The number of nitrogens with zero attached hydrogens (tertiary/aromatic N) is 4. The number of benzene rings is 1. The van der Waals surface area contributed by atoms with E-state index in [1.807, 2.05) is 0 Å². The maximum absolute atomic E-state index is 14.4. The minimum absolute atomic E-state index is 0.124. The Kier molecular flexibility index (Phi) is 5.26. The summed E-state index contributed by atoms with van der Waals surface area (Å²) in [4.78, 5) is 18.3. The molecule has 1 aromatic carbocycles. The normalized spacial score (nSPS) is 12.8. The number of hydrogen-bond donors (Lipinski definition) is 0. The lowest BCUT2D eigenvalue weighted by Gasteiger charge is -2.19. The van der Waals surface area contributed by atoms with Crippen LogP contribution in [-0.4, -0.2) is 32.6 Å². The van der Waals surface area contributed by atoms with E-state index in [1.54, 1.807) is 29.3 Å². The summed E-state index contributed by atoms with van der Waals surface area (Å²) >= 11 is 1.30. The van der Waals surface area contributed by atoms with Gasteiger partial charge in [0.2, 0.25) is 11.3 Å². The zero-order valence-electron chi connectivity index (χ0n) is 14.0.